The highest BCUT2D eigenvalue weighted by Crippen LogP contribution is 2.30. The lowest BCUT2D eigenvalue weighted by atomic mass is 10.00. The Balaban J connectivity index is 3.02. The first kappa shape index (κ1) is 12.8. The molecule has 0 saturated heterocycles. The Morgan fingerprint density at radius 2 is 1.69 bits per heavy atom. The second-order valence-corrected chi connectivity index (χ2v) is 4.12. The Morgan fingerprint density at radius 1 is 1.19 bits per heavy atom. The van der Waals surface area contributed by atoms with Gasteiger partial charge in [-0.25, -0.2) is 0 Å². The second kappa shape index (κ2) is 5.75. The number of benzene rings is 1. The van der Waals surface area contributed by atoms with E-state index in [1.165, 1.54) is 0 Å². The Bertz CT molecular complexity index is 322. The van der Waals surface area contributed by atoms with E-state index >= 15 is 0 Å². The summed E-state index contributed by atoms with van der Waals surface area (Å²) in [5, 5.41) is 9.04. The van der Waals surface area contributed by atoms with Crippen molar-refractivity contribution in [1.82, 2.24) is 0 Å². The van der Waals surface area contributed by atoms with E-state index in [4.69, 9.17) is 14.6 Å². The highest BCUT2D eigenvalue weighted by atomic mass is 16.5. The van der Waals surface area contributed by atoms with E-state index in [-0.39, 0.29) is 12.5 Å². The average molecular weight is 224 g/mol. The quantitative estimate of drug-likeness (QED) is 0.833. The topological polar surface area (TPSA) is 38.7 Å². The molecule has 0 saturated carbocycles. The maximum atomic E-state index is 9.04. The molecular weight excluding hydrogens is 204 g/mol. The van der Waals surface area contributed by atoms with Gasteiger partial charge in [-0.1, -0.05) is 6.92 Å². The zero-order valence-electron chi connectivity index (χ0n) is 10.4. The Hall–Kier alpha value is -1.22. The summed E-state index contributed by atoms with van der Waals surface area (Å²) >= 11 is 0. The molecule has 0 aromatic heterocycles. The van der Waals surface area contributed by atoms with Crippen LogP contribution in [0.1, 0.15) is 18.1 Å². The fraction of sp³-hybridized carbons (Fsp3) is 0.538. The van der Waals surface area contributed by atoms with Gasteiger partial charge in [0.1, 0.15) is 11.5 Å². The SMILES string of the molecule is COc1cc(C[C@H](C)CO)cc(OC)c1C. The van der Waals surface area contributed by atoms with Crippen molar-refractivity contribution in [2.24, 2.45) is 5.92 Å². The van der Waals surface area contributed by atoms with Crippen molar-refractivity contribution in [3.8, 4) is 11.5 Å². The van der Waals surface area contributed by atoms with Crippen LogP contribution < -0.4 is 9.47 Å². The van der Waals surface area contributed by atoms with E-state index < -0.39 is 0 Å². The largest absolute Gasteiger partial charge is 0.496 e. The van der Waals surface area contributed by atoms with Crippen molar-refractivity contribution >= 4 is 0 Å². The predicted molar refractivity (Wildman–Crippen MR) is 64.2 cm³/mol. The van der Waals surface area contributed by atoms with Crippen LogP contribution in [0, 0.1) is 12.8 Å². The van der Waals surface area contributed by atoms with Gasteiger partial charge in [0.05, 0.1) is 14.2 Å². The van der Waals surface area contributed by atoms with E-state index in [0.717, 1.165) is 29.0 Å². The summed E-state index contributed by atoms with van der Waals surface area (Å²) in [5.41, 5.74) is 2.13. The lowest BCUT2D eigenvalue weighted by Gasteiger charge is -2.14. The number of aliphatic hydroxyl groups is 1. The van der Waals surface area contributed by atoms with Crippen LogP contribution in [0.5, 0.6) is 11.5 Å². The van der Waals surface area contributed by atoms with Gasteiger partial charge in [-0.2, -0.15) is 0 Å². The number of aliphatic hydroxyl groups excluding tert-OH is 1. The Labute approximate surface area is 97.0 Å². The van der Waals surface area contributed by atoms with Gasteiger partial charge in [0.2, 0.25) is 0 Å². The summed E-state index contributed by atoms with van der Waals surface area (Å²) in [4.78, 5) is 0. The molecule has 3 heteroatoms. The van der Waals surface area contributed by atoms with Gasteiger partial charge in [0.15, 0.2) is 0 Å². The third kappa shape index (κ3) is 2.89. The van der Waals surface area contributed by atoms with Gasteiger partial charge in [0, 0.05) is 12.2 Å². The maximum absolute atomic E-state index is 9.04. The van der Waals surface area contributed by atoms with Crippen LogP contribution in [0.2, 0.25) is 0 Å². The van der Waals surface area contributed by atoms with Crippen molar-refractivity contribution in [2.45, 2.75) is 20.3 Å². The molecule has 1 N–H and O–H groups in total. The number of hydrogen-bond donors (Lipinski definition) is 1. The van der Waals surface area contributed by atoms with Crippen molar-refractivity contribution in [3.05, 3.63) is 23.3 Å². The molecule has 0 bridgehead atoms. The molecule has 0 unspecified atom stereocenters. The minimum absolute atomic E-state index is 0.193. The van der Waals surface area contributed by atoms with Gasteiger partial charge in [-0.3, -0.25) is 0 Å². The van der Waals surface area contributed by atoms with E-state index in [0.29, 0.717) is 0 Å². The first-order chi connectivity index (χ1) is 7.62. The zero-order chi connectivity index (χ0) is 12.1. The molecule has 0 spiro atoms. The van der Waals surface area contributed by atoms with Crippen LogP contribution in [0.15, 0.2) is 12.1 Å². The Morgan fingerprint density at radius 3 is 2.06 bits per heavy atom. The van der Waals surface area contributed by atoms with E-state index in [1.807, 2.05) is 26.0 Å². The normalized spacial score (nSPS) is 12.3. The minimum atomic E-state index is 0.193. The number of methoxy groups -OCH3 is 2. The summed E-state index contributed by atoms with van der Waals surface area (Å²) in [6.07, 6.45) is 0.823. The fourth-order valence-electron chi connectivity index (χ4n) is 1.73. The van der Waals surface area contributed by atoms with Crippen LogP contribution in [0.3, 0.4) is 0 Å². The molecule has 0 aliphatic heterocycles. The highest BCUT2D eigenvalue weighted by Gasteiger charge is 2.10. The standard InChI is InChI=1S/C13H20O3/c1-9(8-14)5-11-6-12(15-3)10(2)13(7-11)16-4/h6-7,9,14H,5,8H2,1-4H3/t9-/m0/s1. The third-order valence-electron chi connectivity index (χ3n) is 2.71. The van der Waals surface area contributed by atoms with Crippen molar-refractivity contribution < 1.29 is 14.6 Å². The average Bonchev–Trinajstić information content (AvgIpc) is 2.30. The number of rotatable bonds is 5. The van der Waals surface area contributed by atoms with Crippen LogP contribution in [-0.2, 0) is 6.42 Å². The number of hydrogen-bond acceptors (Lipinski definition) is 3. The van der Waals surface area contributed by atoms with Gasteiger partial charge < -0.3 is 14.6 Å². The second-order valence-electron chi connectivity index (χ2n) is 4.12. The van der Waals surface area contributed by atoms with Gasteiger partial charge in [0.25, 0.3) is 0 Å². The Kier molecular flexibility index (Phi) is 4.62. The fourth-order valence-corrected chi connectivity index (χ4v) is 1.73. The molecule has 1 atom stereocenters. The summed E-state index contributed by atoms with van der Waals surface area (Å²) in [6, 6.07) is 4.01. The molecular formula is C13H20O3. The first-order valence-electron chi connectivity index (χ1n) is 5.44. The first-order valence-corrected chi connectivity index (χ1v) is 5.44. The summed E-state index contributed by atoms with van der Waals surface area (Å²) in [6.45, 7) is 4.17. The molecule has 0 fully saturated rings. The molecule has 3 nitrogen and oxygen atoms in total. The monoisotopic (exact) mass is 224 g/mol. The molecule has 0 amide bonds. The molecule has 0 radical (unpaired) electrons. The van der Waals surface area contributed by atoms with E-state index in [9.17, 15) is 0 Å². The van der Waals surface area contributed by atoms with Gasteiger partial charge >= 0.3 is 0 Å². The summed E-state index contributed by atoms with van der Waals surface area (Å²) in [7, 11) is 3.31. The molecule has 16 heavy (non-hydrogen) atoms. The van der Waals surface area contributed by atoms with E-state index in [1.54, 1.807) is 14.2 Å². The molecule has 1 rings (SSSR count). The van der Waals surface area contributed by atoms with Crippen molar-refractivity contribution in [3.63, 3.8) is 0 Å². The maximum Gasteiger partial charge on any atom is 0.125 e. The summed E-state index contributed by atoms with van der Waals surface area (Å²) < 4.78 is 10.6. The highest BCUT2D eigenvalue weighted by molar-refractivity contribution is 5.47. The number of ether oxygens (including phenoxy) is 2. The molecule has 0 aliphatic rings. The lowest BCUT2D eigenvalue weighted by Crippen LogP contribution is -2.05. The molecule has 1 aromatic carbocycles. The lowest BCUT2D eigenvalue weighted by molar-refractivity contribution is 0.237. The van der Waals surface area contributed by atoms with Crippen LogP contribution in [-0.4, -0.2) is 25.9 Å². The molecule has 1 aromatic rings. The molecule has 90 valence electrons. The molecule has 0 aliphatic carbocycles. The minimum Gasteiger partial charge on any atom is -0.496 e. The van der Waals surface area contributed by atoms with Crippen LogP contribution >= 0.6 is 0 Å². The molecule has 0 heterocycles. The van der Waals surface area contributed by atoms with E-state index in [2.05, 4.69) is 0 Å². The third-order valence-corrected chi connectivity index (χ3v) is 2.71. The van der Waals surface area contributed by atoms with Crippen molar-refractivity contribution in [1.29, 1.82) is 0 Å². The van der Waals surface area contributed by atoms with Crippen LogP contribution in [0.25, 0.3) is 0 Å². The smallest absolute Gasteiger partial charge is 0.125 e. The van der Waals surface area contributed by atoms with Crippen LogP contribution in [0.4, 0.5) is 0 Å². The van der Waals surface area contributed by atoms with Gasteiger partial charge in [-0.15, -0.1) is 0 Å². The summed E-state index contributed by atoms with van der Waals surface area (Å²) in [5.74, 6) is 1.91. The zero-order valence-corrected chi connectivity index (χ0v) is 10.4. The van der Waals surface area contributed by atoms with Gasteiger partial charge in [-0.05, 0) is 37.0 Å². The van der Waals surface area contributed by atoms with Crippen molar-refractivity contribution in [2.75, 3.05) is 20.8 Å². The predicted octanol–water partition coefficient (Wildman–Crippen LogP) is 2.18.